The summed E-state index contributed by atoms with van der Waals surface area (Å²) in [6.07, 6.45) is 8.06. The first-order valence-electron chi connectivity index (χ1n) is 8.29. The highest BCUT2D eigenvalue weighted by molar-refractivity contribution is 5.89. The van der Waals surface area contributed by atoms with Crippen LogP contribution < -0.4 is 5.32 Å². The van der Waals surface area contributed by atoms with Crippen LogP contribution in [0.2, 0.25) is 0 Å². The van der Waals surface area contributed by atoms with Gasteiger partial charge in [-0.25, -0.2) is 0 Å². The fourth-order valence-electron chi connectivity index (χ4n) is 5.33. The SMILES string of the molecule is CC1(C)CC(N2CNC3(CCCC3)C2=O)CC(C)(C)C1. The van der Waals surface area contributed by atoms with Crippen LogP contribution in [-0.4, -0.2) is 29.1 Å². The number of nitrogens with zero attached hydrogens (tertiary/aromatic N) is 1. The van der Waals surface area contributed by atoms with Crippen molar-refractivity contribution in [3.8, 4) is 0 Å². The second-order valence-electron chi connectivity index (χ2n) is 8.97. The summed E-state index contributed by atoms with van der Waals surface area (Å²) in [6.45, 7) is 10.2. The zero-order valence-electron chi connectivity index (χ0n) is 13.6. The Hall–Kier alpha value is -0.570. The fraction of sp³-hybridized carbons (Fsp3) is 0.941. The van der Waals surface area contributed by atoms with Gasteiger partial charge in [-0.2, -0.15) is 0 Å². The van der Waals surface area contributed by atoms with E-state index in [1.165, 1.54) is 19.3 Å². The summed E-state index contributed by atoms with van der Waals surface area (Å²) in [5.74, 6) is 0.397. The van der Waals surface area contributed by atoms with Crippen LogP contribution in [0.15, 0.2) is 0 Å². The summed E-state index contributed by atoms with van der Waals surface area (Å²) in [6, 6.07) is 0.425. The molecule has 1 spiro atoms. The van der Waals surface area contributed by atoms with Gasteiger partial charge in [0.05, 0.1) is 12.2 Å². The Kier molecular flexibility index (Phi) is 3.20. The Bertz CT molecular complexity index is 391. The summed E-state index contributed by atoms with van der Waals surface area (Å²) in [5.41, 5.74) is 0.502. The van der Waals surface area contributed by atoms with Gasteiger partial charge < -0.3 is 4.90 Å². The van der Waals surface area contributed by atoms with E-state index in [0.717, 1.165) is 32.4 Å². The van der Waals surface area contributed by atoms with Gasteiger partial charge >= 0.3 is 0 Å². The molecule has 3 nitrogen and oxygen atoms in total. The summed E-state index contributed by atoms with van der Waals surface area (Å²) in [7, 11) is 0. The second-order valence-corrected chi connectivity index (χ2v) is 8.97. The van der Waals surface area contributed by atoms with Gasteiger partial charge in [0.15, 0.2) is 0 Å². The average Bonchev–Trinajstić information content (AvgIpc) is 2.85. The molecule has 3 heteroatoms. The maximum absolute atomic E-state index is 12.9. The molecule has 0 aromatic heterocycles. The van der Waals surface area contributed by atoms with E-state index in [1.807, 2.05) is 0 Å². The van der Waals surface area contributed by atoms with Gasteiger partial charge in [-0.1, -0.05) is 40.5 Å². The molecule has 1 amide bonds. The minimum Gasteiger partial charge on any atom is -0.325 e. The van der Waals surface area contributed by atoms with Gasteiger partial charge in [0, 0.05) is 6.04 Å². The van der Waals surface area contributed by atoms with E-state index < -0.39 is 0 Å². The summed E-state index contributed by atoms with van der Waals surface area (Å²) in [4.78, 5) is 15.1. The van der Waals surface area contributed by atoms with Crippen molar-refractivity contribution >= 4 is 5.91 Å². The van der Waals surface area contributed by atoms with Crippen LogP contribution in [-0.2, 0) is 4.79 Å². The van der Waals surface area contributed by atoms with E-state index in [1.54, 1.807) is 0 Å². The van der Waals surface area contributed by atoms with Gasteiger partial charge in [-0.05, 0) is 42.9 Å². The van der Waals surface area contributed by atoms with Crippen molar-refractivity contribution in [2.24, 2.45) is 10.8 Å². The number of hydrogen-bond acceptors (Lipinski definition) is 2. The molecule has 1 heterocycles. The first-order valence-corrected chi connectivity index (χ1v) is 8.29. The Morgan fingerprint density at radius 1 is 1.05 bits per heavy atom. The second kappa shape index (κ2) is 4.46. The van der Waals surface area contributed by atoms with Crippen molar-refractivity contribution in [2.45, 2.75) is 84.2 Å². The van der Waals surface area contributed by atoms with E-state index in [-0.39, 0.29) is 5.54 Å². The largest absolute Gasteiger partial charge is 0.325 e. The number of rotatable bonds is 1. The molecule has 3 aliphatic rings. The van der Waals surface area contributed by atoms with Gasteiger partial charge in [0.1, 0.15) is 0 Å². The standard InChI is InChI=1S/C17H30N2O/c1-15(2)9-13(10-16(3,4)11-15)19-12-18-17(14(19)20)7-5-6-8-17/h13,18H,5-12H2,1-4H3. The Balaban J connectivity index is 1.78. The zero-order chi connectivity index (χ0) is 14.6. The quantitative estimate of drug-likeness (QED) is 0.798. The first-order chi connectivity index (χ1) is 9.23. The first kappa shape index (κ1) is 14.4. The highest BCUT2D eigenvalue weighted by Gasteiger charge is 2.51. The van der Waals surface area contributed by atoms with Crippen LogP contribution in [0.3, 0.4) is 0 Å². The van der Waals surface area contributed by atoms with Crippen molar-refractivity contribution < 1.29 is 4.79 Å². The monoisotopic (exact) mass is 278 g/mol. The molecular formula is C17H30N2O. The van der Waals surface area contributed by atoms with Gasteiger partial charge in [0.25, 0.3) is 0 Å². The summed E-state index contributed by atoms with van der Waals surface area (Å²) >= 11 is 0. The smallest absolute Gasteiger partial charge is 0.244 e. The molecule has 20 heavy (non-hydrogen) atoms. The average molecular weight is 278 g/mol. The third kappa shape index (κ3) is 2.38. The third-order valence-corrected chi connectivity index (χ3v) is 5.69. The van der Waals surface area contributed by atoms with Crippen LogP contribution in [0, 0.1) is 10.8 Å². The lowest BCUT2D eigenvalue weighted by molar-refractivity contribution is -0.136. The molecule has 1 N–H and O–H groups in total. The van der Waals surface area contributed by atoms with Crippen molar-refractivity contribution in [1.82, 2.24) is 10.2 Å². The number of amides is 1. The van der Waals surface area contributed by atoms with Crippen molar-refractivity contribution in [3.05, 3.63) is 0 Å². The molecule has 3 fully saturated rings. The van der Waals surface area contributed by atoms with E-state index in [2.05, 4.69) is 37.9 Å². The molecule has 0 bridgehead atoms. The van der Waals surface area contributed by atoms with Gasteiger partial charge in [-0.3, -0.25) is 10.1 Å². The van der Waals surface area contributed by atoms with Crippen LogP contribution in [0.25, 0.3) is 0 Å². The third-order valence-electron chi connectivity index (χ3n) is 5.69. The van der Waals surface area contributed by atoms with Crippen LogP contribution >= 0.6 is 0 Å². The number of carbonyl (C=O) groups is 1. The molecule has 2 saturated carbocycles. The zero-order valence-corrected chi connectivity index (χ0v) is 13.6. The van der Waals surface area contributed by atoms with Gasteiger partial charge in [0.2, 0.25) is 5.91 Å². The molecule has 0 radical (unpaired) electrons. The highest BCUT2D eigenvalue weighted by atomic mass is 16.2. The molecule has 3 rings (SSSR count). The minimum absolute atomic E-state index is 0.189. The van der Waals surface area contributed by atoms with E-state index in [0.29, 0.717) is 22.8 Å². The van der Waals surface area contributed by atoms with Crippen LogP contribution in [0.5, 0.6) is 0 Å². The number of hydrogen-bond donors (Lipinski definition) is 1. The normalized spacial score (nSPS) is 32.2. The van der Waals surface area contributed by atoms with Crippen molar-refractivity contribution in [3.63, 3.8) is 0 Å². The summed E-state index contributed by atoms with van der Waals surface area (Å²) in [5, 5.41) is 3.56. The summed E-state index contributed by atoms with van der Waals surface area (Å²) < 4.78 is 0. The van der Waals surface area contributed by atoms with E-state index in [9.17, 15) is 4.79 Å². The molecule has 114 valence electrons. The fourth-order valence-corrected chi connectivity index (χ4v) is 5.33. The molecule has 1 aliphatic heterocycles. The Morgan fingerprint density at radius 2 is 1.60 bits per heavy atom. The maximum atomic E-state index is 12.9. The topological polar surface area (TPSA) is 32.3 Å². The lowest BCUT2D eigenvalue weighted by Crippen LogP contribution is -2.49. The van der Waals surface area contributed by atoms with Crippen molar-refractivity contribution in [2.75, 3.05) is 6.67 Å². The molecule has 0 atom stereocenters. The lowest BCUT2D eigenvalue weighted by atomic mass is 9.63. The predicted octanol–water partition coefficient (Wildman–Crippen LogP) is 3.29. The predicted molar refractivity (Wildman–Crippen MR) is 81.2 cm³/mol. The maximum Gasteiger partial charge on any atom is 0.244 e. The number of nitrogens with one attached hydrogen (secondary N) is 1. The molecule has 0 aromatic carbocycles. The molecule has 0 aromatic rings. The molecule has 0 unspecified atom stereocenters. The van der Waals surface area contributed by atoms with E-state index >= 15 is 0 Å². The lowest BCUT2D eigenvalue weighted by Gasteiger charge is -2.47. The van der Waals surface area contributed by atoms with Crippen LogP contribution in [0.4, 0.5) is 0 Å². The highest BCUT2D eigenvalue weighted by Crippen LogP contribution is 2.48. The number of carbonyl (C=O) groups excluding carboxylic acids is 1. The Morgan fingerprint density at radius 3 is 2.15 bits per heavy atom. The molecule has 1 saturated heterocycles. The van der Waals surface area contributed by atoms with E-state index in [4.69, 9.17) is 0 Å². The van der Waals surface area contributed by atoms with Crippen LogP contribution in [0.1, 0.15) is 72.6 Å². The molecular weight excluding hydrogens is 248 g/mol. The van der Waals surface area contributed by atoms with Gasteiger partial charge in [-0.15, -0.1) is 0 Å². The molecule has 2 aliphatic carbocycles. The minimum atomic E-state index is -0.189. The Labute approximate surface area is 123 Å². The van der Waals surface area contributed by atoms with Crippen molar-refractivity contribution in [1.29, 1.82) is 0 Å².